The Morgan fingerprint density at radius 3 is 2.28 bits per heavy atom. The highest BCUT2D eigenvalue weighted by molar-refractivity contribution is 5.19. The zero-order chi connectivity index (χ0) is 21.0. The largest absolute Gasteiger partial charge is 0.0993 e. The van der Waals surface area contributed by atoms with Crippen LogP contribution in [0.15, 0.2) is 12.2 Å². The normalized spacial score (nSPS) is 48.2. The van der Waals surface area contributed by atoms with Crippen LogP contribution in [0.5, 0.6) is 0 Å². The number of fused-ring (bicyclic) bond motifs is 5. The highest BCUT2D eigenvalue weighted by Crippen LogP contribution is 2.69. The SMILES string of the molecule is C=C1[C@@H](C)CC[C@@]2(C)[C@H]1CC[C@@H]1[C@@H]2CC[C@]2(C)[C@@H]([C@H](C)CCCC(C)C)CC[C@@H]12. The number of rotatable bonds is 5. The van der Waals surface area contributed by atoms with Gasteiger partial charge in [0, 0.05) is 0 Å². The van der Waals surface area contributed by atoms with Crippen molar-refractivity contribution >= 4 is 0 Å². The van der Waals surface area contributed by atoms with Crippen LogP contribution in [0.2, 0.25) is 0 Å². The summed E-state index contributed by atoms with van der Waals surface area (Å²) >= 11 is 0. The summed E-state index contributed by atoms with van der Waals surface area (Å²) in [5.74, 6) is 7.40. The molecule has 0 N–H and O–H groups in total. The minimum Gasteiger partial charge on any atom is -0.0993 e. The summed E-state index contributed by atoms with van der Waals surface area (Å²) in [6.45, 7) is 19.9. The summed E-state index contributed by atoms with van der Waals surface area (Å²) < 4.78 is 0. The molecule has 9 atom stereocenters. The maximum atomic E-state index is 4.62. The zero-order valence-electron chi connectivity index (χ0n) is 20.6. The predicted molar refractivity (Wildman–Crippen MR) is 127 cm³/mol. The second-order valence-electron chi connectivity index (χ2n) is 13.1. The van der Waals surface area contributed by atoms with Gasteiger partial charge in [-0.15, -0.1) is 0 Å². The lowest BCUT2D eigenvalue weighted by Crippen LogP contribution is -2.54. The van der Waals surface area contributed by atoms with Crippen LogP contribution in [0.3, 0.4) is 0 Å². The van der Waals surface area contributed by atoms with Gasteiger partial charge < -0.3 is 0 Å². The highest BCUT2D eigenvalue weighted by Gasteiger charge is 2.60. The highest BCUT2D eigenvalue weighted by atomic mass is 14.7. The fourth-order valence-corrected chi connectivity index (χ4v) is 9.51. The molecule has 0 aromatic heterocycles. The first-order valence-corrected chi connectivity index (χ1v) is 13.4. The van der Waals surface area contributed by atoms with E-state index in [2.05, 4.69) is 48.1 Å². The molecule has 166 valence electrons. The third kappa shape index (κ3) is 3.57. The van der Waals surface area contributed by atoms with Crippen molar-refractivity contribution in [3.63, 3.8) is 0 Å². The molecule has 0 nitrogen and oxygen atoms in total. The summed E-state index contributed by atoms with van der Waals surface area (Å²) in [5, 5.41) is 0. The van der Waals surface area contributed by atoms with E-state index in [0.717, 1.165) is 47.3 Å². The van der Waals surface area contributed by atoms with Gasteiger partial charge in [0.25, 0.3) is 0 Å². The van der Waals surface area contributed by atoms with Gasteiger partial charge in [-0.25, -0.2) is 0 Å². The molecule has 4 aliphatic rings. The van der Waals surface area contributed by atoms with Crippen LogP contribution < -0.4 is 0 Å². The summed E-state index contributed by atoms with van der Waals surface area (Å²) in [7, 11) is 0. The Kier molecular flexibility index (Phi) is 6.07. The average Bonchev–Trinajstić information content (AvgIpc) is 3.02. The van der Waals surface area contributed by atoms with Gasteiger partial charge in [-0.2, -0.15) is 0 Å². The van der Waals surface area contributed by atoms with Crippen molar-refractivity contribution in [2.45, 2.75) is 112 Å². The average molecular weight is 399 g/mol. The smallest absolute Gasteiger partial charge is 0.0146 e. The number of allylic oxidation sites excluding steroid dienone is 1. The predicted octanol–water partition coefficient (Wildman–Crippen LogP) is 8.91. The van der Waals surface area contributed by atoms with E-state index >= 15 is 0 Å². The van der Waals surface area contributed by atoms with Crippen molar-refractivity contribution < 1.29 is 0 Å². The van der Waals surface area contributed by atoms with E-state index in [1.54, 1.807) is 5.57 Å². The Labute approximate surface area is 182 Å². The van der Waals surface area contributed by atoms with Crippen LogP contribution in [-0.4, -0.2) is 0 Å². The van der Waals surface area contributed by atoms with Crippen molar-refractivity contribution in [2.24, 2.45) is 58.2 Å². The van der Waals surface area contributed by atoms with Gasteiger partial charge >= 0.3 is 0 Å². The van der Waals surface area contributed by atoms with Crippen molar-refractivity contribution in [2.75, 3.05) is 0 Å². The summed E-state index contributed by atoms with van der Waals surface area (Å²) in [5.41, 5.74) is 2.82. The third-order valence-electron chi connectivity index (χ3n) is 11.3. The second-order valence-corrected chi connectivity index (χ2v) is 13.1. The summed E-state index contributed by atoms with van der Waals surface area (Å²) in [4.78, 5) is 0. The Balaban J connectivity index is 1.48. The second kappa shape index (κ2) is 8.02. The first kappa shape index (κ1) is 22.0. The lowest BCUT2D eigenvalue weighted by molar-refractivity contribution is -0.105. The molecular weight excluding hydrogens is 348 g/mol. The first-order valence-electron chi connectivity index (χ1n) is 13.4. The van der Waals surface area contributed by atoms with E-state index in [0.29, 0.717) is 10.8 Å². The van der Waals surface area contributed by atoms with Gasteiger partial charge in [0.1, 0.15) is 0 Å². The molecule has 29 heavy (non-hydrogen) atoms. The summed E-state index contributed by atoms with van der Waals surface area (Å²) in [6, 6.07) is 0. The molecule has 0 radical (unpaired) electrons. The lowest BCUT2D eigenvalue weighted by Gasteiger charge is -2.61. The summed E-state index contributed by atoms with van der Waals surface area (Å²) in [6.07, 6.45) is 16.2. The molecule has 4 saturated carbocycles. The molecule has 0 aromatic carbocycles. The molecule has 0 heteroatoms. The van der Waals surface area contributed by atoms with E-state index < -0.39 is 0 Å². The minimum atomic E-state index is 0.564. The quantitative estimate of drug-likeness (QED) is 0.405. The van der Waals surface area contributed by atoms with Crippen LogP contribution in [0.25, 0.3) is 0 Å². The van der Waals surface area contributed by atoms with Crippen LogP contribution in [0, 0.1) is 58.2 Å². The van der Waals surface area contributed by atoms with Crippen molar-refractivity contribution in [1.29, 1.82) is 0 Å². The molecule has 0 heterocycles. The minimum absolute atomic E-state index is 0.564. The molecule has 4 rings (SSSR count). The molecule has 0 bridgehead atoms. The molecule has 0 unspecified atom stereocenters. The molecule has 0 amide bonds. The van der Waals surface area contributed by atoms with Gasteiger partial charge in [-0.05, 0) is 110 Å². The fraction of sp³-hybridized carbons (Fsp3) is 0.931. The van der Waals surface area contributed by atoms with Crippen LogP contribution in [-0.2, 0) is 0 Å². The third-order valence-corrected chi connectivity index (χ3v) is 11.3. The standard InChI is InChI=1S/C29H50/c1-19(2)9-8-10-21(4)24-13-14-26-23-11-12-25-22(5)20(3)15-17-29(25,7)27(23)16-18-28(24,26)6/h19-21,23-27H,5,8-18H2,1-4,6-7H3/t20-,21+,23-,24+,25-,26-,27-,28+,29-/m0/s1. The maximum Gasteiger partial charge on any atom is -0.0146 e. The number of hydrogen-bond donors (Lipinski definition) is 0. The molecular formula is C29H50. The van der Waals surface area contributed by atoms with Crippen molar-refractivity contribution in [3.05, 3.63) is 12.2 Å². The van der Waals surface area contributed by atoms with Gasteiger partial charge in [0.05, 0.1) is 0 Å². The first-order chi connectivity index (χ1) is 13.7. The van der Waals surface area contributed by atoms with Crippen LogP contribution >= 0.6 is 0 Å². The molecule has 0 saturated heterocycles. The van der Waals surface area contributed by atoms with Crippen LogP contribution in [0.1, 0.15) is 112 Å². The number of hydrogen-bond acceptors (Lipinski definition) is 0. The fourth-order valence-electron chi connectivity index (χ4n) is 9.51. The Bertz CT molecular complexity index is 601. The zero-order valence-corrected chi connectivity index (χ0v) is 20.6. The maximum absolute atomic E-state index is 4.62. The Morgan fingerprint density at radius 2 is 1.55 bits per heavy atom. The van der Waals surface area contributed by atoms with E-state index in [-0.39, 0.29) is 0 Å². The van der Waals surface area contributed by atoms with E-state index in [1.807, 2.05) is 0 Å². The monoisotopic (exact) mass is 398 g/mol. The van der Waals surface area contributed by atoms with E-state index in [1.165, 1.54) is 70.6 Å². The van der Waals surface area contributed by atoms with Crippen LogP contribution in [0.4, 0.5) is 0 Å². The Hall–Kier alpha value is -0.260. The van der Waals surface area contributed by atoms with Gasteiger partial charge in [0.2, 0.25) is 0 Å². The lowest BCUT2D eigenvalue weighted by atomic mass is 9.43. The molecule has 4 fully saturated rings. The topological polar surface area (TPSA) is 0 Å². The van der Waals surface area contributed by atoms with Gasteiger partial charge in [0.15, 0.2) is 0 Å². The molecule has 0 spiro atoms. The Morgan fingerprint density at radius 1 is 0.862 bits per heavy atom. The molecule has 0 aliphatic heterocycles. The van der Waals surface area contributed by atoms with Gasteiger partial charge in [-0.3, -0.25) is 0 Å². The van der Waals surface area contributed by atoms with Crippen molar-refractivity contribution in [1.82, 2.24) is 0 Å². The molecule has 4 aliphatic carbocycles. The van der Waals surface area contributed by atoms with E-state index in [9.17, 15) is 0 Å². The van der Waals surface area contributed by atoms with E-state index in [4.69, 9.17) is 0 Å². The van der Waals surface area contributed by atoms with Gasteiger partial charge in [-0.1, -0.05) is 73.0 Å². The van der Waals surface area contributed by atoms with Crippen molar-refractivity contribution in [3.8, 4) is 0 Å². The molecule has 0 aromatic rings.